The number of aromatic nitrogens is 3. The maximum atomic E-state index is 11.3. The molecular weight excluding hydrogens is 250 g/mol. The molecule has 4 heteroatoms. The molecule has 0 bridgehead atoms. The molecule has 0 spiro atoms. The summed E-state index contributed by atoms with van der Waals surface area (Å²) in [6, 6.07) is 10.8. The molecule has 0 aliphatic heterocycles. The number of nitrogens with zero attached hydrogens (tertiary/aromatic N) is 3. The zero-order valence-electron chi connectivity index (χ0n) is 10.7. The van der Waals surface area contributed by atoms with Crippen LogP contribution in [-0.4, -0.2) is 20.1 Å². The highest BCUT2D eigenvalue weighted by Gasteiger charge is 2.33. The molecule has 0 amide bonds. The van der Waals surface area contributed by atoms with E-state index in [0.717, 1.165) is 16.7 Å². The molecule has 3 aromatic rings. The molecule has 1 N–H and O–H groups in total. The van der Waals surface area contributed by atoms with Gasteiger partial charge in [-0.05, 0) is 53.1 Å². The number of rotatable bonds is 3. The van der Waals surface area contributed by atoms with Crippen LogP contribution >= 0.6 is 0 Å². The van der Waals surface area contributed by atoms with Crippen LogP contribution in [0.25, 0.3) is 0 Å². The van der Waals surface area contributed by atoms with Gasteiger partial charge in [-0.1, -0.05) is 0 Å². The molecule has 98 valence electrons. The minimum atomic E-state index is -1.24. The van der Waals surface area contributed by atoms with Gasteiger partial charge in [0.25, 0.3) is 0 Å². The van der Waals surface area contributed by atoms with E-state index in [9.17, 15) is 5.11 Å². The van der Waals surface area contributed by atoms with Crippen LogP contribution in [0.2, 0.25) is 0 Å². The Morgan fingerprint density at radius 1 is 0.550 bits per heavy atom. The number of pyridine rings is 3. The third-order valence-electron chi connectivity index (χ3n) is 3.29. The zero-order chi connectivity index (χ0) is 13.8. The van der Waals surface area contributed by atoms with Gasteiger partial charge in [-0.25, -0.2) is 0 Å². The van der Waals surface area contributed by atoms with E-state index in [0.29, 0.717) is 0 Å². The normalized spacial score (nSPS) is 11.2. The summed E-state index contributed by atoms with van der Waals surface area (Å²) in [5.41, 5.74) is 1.02. The van der Waals surface area contributed by atoms with Crippen molar-refractivity contribution in [2.45, 2.75) is 5.60 Å². The van der Waals surface area contributed by atoms with E-state index in [2.05, 4.69) is 15.0 Å². The highest BCUT2D eigenvalue weighted by atomic mass is 16.3. The van der Waals surface area contributed by atoms with Gasteiger partial charge in [0.2, 0.25) is 0 Å². The molecule has 0 aliphatic carbocycles. The Balaban J connectivity index is 2.24. The molecular formula is C16H13N3O. The molecule has 0 unspecified atom stereocenters. The summed E-state index contributed by atoms with van der Waals surface area (Å²) in [6.45, 7) is 0. The van der Waals surface area contributed by atoms with E-state index in [1.165, 1.54) is 0 Å². The van der Waals surface area contributed by atoms with E-state index in [1.807, 2.05) is 0 Å². The third-order valence-corrected chi connectivity index (χ3v) is 3.29. The van der Waals surface area contributed by atoms with Crippen LogP contribution in [0.15, 0.2) is 73.6 Å². The first-order valence-corrected chi connectivity index (χ1v) is 6.25. The van der Waals surface area contributed by atoms with Crippen LogP contribution in [0.4, 0.5) is 0 Å². The van der Waals surface area contributed by atoms with Gasteiger partial charge < -0.3 is 5.11 Å². The molecule has 0 atom stereocenters. The molecule has 0 radical (unpaired) electrons. The Hall–Kier alpha value is -2.59. The van der Waals surface area contributed by atoms with Crippen LogP contribution in [0.1, 0.15) is 16.7 Å². The fraction of sp³-hybridized carbons (Fsp3) is 0.0625. The Labute approximate surface area is 116 Å². The van der Waals surface area contributed by atoms with Gasteiger partial charge in [-0.15, -0.1) is 0 Å². The van der Waals surface area contributed by atoms with Gasteiger partial charge in [0.15, 0.2) is 0 Å². The maximum absolute atomic E-state index is 11.3. The number of hydrogen-bond donors (Lipinski definition) is 1. The summed E-state index contributed by atoms with van der Waals surface area (Å²) in [4.78, 5) is 12.0. The zero-order valence-corrected chi connectivity index (χ0v) is 10.7. The maximum Gasteiger partial charge on any atom is 0.140 e. The van der Waals surface area contributed by atoms with Gasteiger partial charge in [0.05, 0.1) is 0 Å². The third kappa shape index (κ3) is 2.06. The van der Waals surface area contributed by atoms with Gasteiger partial charge >= 0.3 is 0 Å². The lowest BCUT2D eigenvalue weighted by molar-refractivity contribution is 0.125. The Morgan fingerprint density at radius 3 is 1.05 bits per heavy atom. The van der Waals surface area contributed by atoms with E-state index in [1.54, 1.807) is 73.6 Å². The van der Waals surface area contributed by atoms with Crippen molar-refractivity contribution in [1.82, 2.24) is 15.0 Å². The van der Waals surface area contributed by atoms with E-state index < -0.39 is 5.60 Å². The lowest BCUT2D eigenvalue weighted by Crippen LogP contribution is -2.28. The van der Waals surface area contributed by atoms with E-state index in [4.69, 9.17) is 0 Å². The van der Waals surface area contributed by atoms with Gasteiger partial charge in [0.1, 0.15) is 5.60 Å². The first-order chi connectivity index (χ1) is 9.82. The first kappa shape index (κ1) is 12.4. The molecule has 0 aliphatic rings. The average molecular weight is 263 g/mol. The minimum Gasteiger partial charge on any atom is -0.376 e. The van der Waals surface area contributed by atoms with Crippen molar-refractivity contribution < 1.29 is 5.11 Å². The fourth-order valence-electron chi connectivity index (χ4n) is 2.28. The van der Waals surface area contributed by atoms with Crippen LogP contribution in [0.5, 0.6) is 0 Å². The molecule has 0 fully saturated rings. The van der Waals surface area contributed by atoms with Crippen molar-refractivity contribution in [3.05, 3.63) is 90.3 Å². The largest absolute Gasteiger partial charge is 0.376 e. The Bertz CT molecular complexity index is 575. The standard InChI is InChI=1S/C16H13N3O/c20-16(13-1-7-17-8-2-13,14-3-9-18-10-4-14)15-5-11-19-12-6-15/h1-12,20H. The molecule has 0 saturated carbocycles. The fourth-order valence-corrected chi connectivity index (χ4v) is 2.28. The predicted octanol–water partition coefficient (Wildman–Crippen LogP) is 2.16. The quantitative estimate of drug-likeness (QED) is 0.786. The number of hydrogen-bond acceptors (Lipinski definition) is 4. The lowest BCUT2D eigenvalue weighted by Gasteiger charge is -2.29. The molecule has 3 rings (SSSR count). The minimum absolute atomic E-state index is 0.755. The average Bonchev–Trinajstić information content (AvgIpc) is 2.56. The molecule has 20 heavy (non-hydrogen) atoms. The van der Waals surface area contributed by atoms with Crippen molar-refractivity contribution in [1.29, 1.82) is 0 Å². The van der Waals surface area contributed by atoms with Crippen LogP contribution < -0.4 is 0 Å². The Morgan fingerprint density at radius 2 is 0.800 bits per heavy atom. The summed E-state index contributed by atoms with van der Waals surface area (Å²) in [6.07, 6.45) is 10.0. The summed E-state index contributed by atoms with van der Waals surface area (Å²) < 4.78 is 0. The lowest BCUT2D eigenvalue weighted by atomic mass is 9.82. The summed E-state index contributed by atoms with van der Waals surface area (Å²) >= 11 is 0. The van der Waals surface area contributed by atoms with Gasteiger partial charge in [-0.2, -0.15) is 0 Å². The topological polar surface area (TPSA) is 58.9 Å². The molecule has 4 nitrogen and oxygen atoms in total. The van der Waals surface area contributed by atoms with Crippen molar-refractivity contribution in [2.24, 2.45) is 0 Å². The SMILES string of the molecule is OC(c1ccncc1)(c1ccncc1)c1ccncc1. The monoisotopic (exact) mass is 263 g/mol. The highest BCUT2D eigenvalue weighted by Crippen LogP contribution is 2.35. The predicted molar refractivity (Wildman–Crippen MR) is 74.8 cm³/mol. The summed E-state index contributed by atoms with van der Waals surface area (Å²) in [7, 11) is 0. The Kier molecular flexibility index (Phi) is 3.23. The smallest absolute Gasteiger partial charge is 0.140 e. The second-order valence-electron chi connectivity index (χ2n) is 4.42. The van der Waals surface area contributed by atoms with Crippen molar-refractivity contribution >= 4 is 0 Å². The molecule has 3 aromatic heterocycles. The molecule has 0 saturated heterocycles. The van der Waals surface area contributed by atoms with Crippen molar-refractivity contribution in [3.63, 3.8) is 0 Å². The molecule has 3 heterocycles. The second-order valence-corrected chi connectivity index (χ2v) is 4.42. The highest BCUT2D eigenvalue weighted by molar-refractivity contribution is 5.45. The van der Waals surface area contributed by atoms with E-state index >= 15 is 0 Å². The van der Waals surface area contributed by atoms with Gasteiger partial charge in [-0.3, -0.25) is 15.0 Å². The summed E-state index contributed by atoms with van der Waals surface area (Å²) in [5.74, 6) is 0. The number of aliphatic hydroxyl groups is 1. The van der Waals surface area contributed by atoms with Gasteiger partial charge in [0, 0.05) is 37.2 Å². The van der Waals surface area contributed by atoms with Crippen LogP contribution in [0.3, 0.4) is 0 Å². The van der Waals surface area contributed by atoms with Crippen molar-refractivity contribution in [3.8, 4) is 0 Å². The molecule has 0 aromatic carbocycles. The van der Waals surface area contributed by atoms with Crippen LogP contribution in [-0.2, 0) is 5.60 Å². The van der Waals surface area contributed by atoms with E-state index in [-0.39, 0.29) is 0 Å². The van der Waals surface area contributed by atoms with Crippen molar-refractivity contribution in [2.75, 3.05) is 0 Å². The first-order valence-electron chi connectivity index (χ1n) is 6.25. The second kappa shape index (κ2) is 5.19. The summed E-state index contributed by atoms with van der Waals surface area (Å²) in [5, 5.41) is 11.3. The van der Waals surface area contributed by atoms with Crippen LogP contribution in [0, 0.1) is 0 Å².